The van der Waals surface area contributed by atoms with Gasteiger partial charge < -0.3 is 5.32 Å². The predicted octanol–water partition coefficient (Wildman–Crippen LogP) is 5.16. The molecule has 0 unspecified atom stereocenters. The first-order valence-electron chi connectivity index (χ1n) is 10.5. The number of alkyl halides is 3. The summed E-state index contributed by atoms with van der Waals surface area (Å²) in [5.74, 6) is -0.686. The molecule has 34 heavy (non-hydrogen) atoms. The molecule has 9 heteroatoms. The summed E-state index contributed by atoms with van der Waals surface area (Å²) < 4.78 is 67.5. The molecule has 2 N–H and O–H groups in total. The van der Waals surface area contributed by atoms with E-state index >= 15 is 0 Å². The van der Waals surface area contributed by atoms with Gasteiger partial charge in [-0.15, -0.1) is 0 Å². The lowest BCUT2D eigenvalue weighted by atomic mass is 10.1. The number of carbonyl (C=O) groups excluding carboxylic acids is 1. The summed E-state index contributed by atoms with van der Waals surface area (Å²) in [4.78, 5) is 13.2. The predicted molar refractivity (Wildman–Crippen MR) is 125 cm³/mol. The Morgan fingerprint density at radius 1 is 0.912 bits per heavy atom. The first kappa shape index (κ1) is 25.5. The summed E-state index contributed by atoms with van der Waals surface area (Å²) >= 11 is 0. The number of hydrogen-bond acceptors (Lipinski definition) is 3. The smallest absolute Gasteiger partial charge is 0.325 e. The number of rotatable bonds is 7. The van der Waals surface area contributed by atoms with Crippen LogP contribution >= 0.6 is 0 Å². The summed E-state index contributed by atoms with van der Waals surface area (Å²) in [6.45, 7) is 5.23. The highest BCUT2D eigenvalue weighted by Gasteiger charge is 2.31. The van der Waals surface area contributed by atoms with Crippen molar-refractivity contribution in [3.63, 3.8) is 0 Å². The Balaban J connectivity index is 1.90. The van der Waals surface area contributed by atoms with E-state index in [1.165, 1.54) is 0 Å². The topological polar surface area (TPSA) is 75.3 Å². The van der Waals surface area contributed by atoms with E-state index in [0.29, 0.717) is 11.1 Å². The quantitative estimate of drug-likeness (QED) is 0.481. The van der Waals surface area contributed by atoms with Gasteiger partial charge in [0.1, 0.15) is 6.04 Å². The SMILES string of the molecule is Cc1cc(C)c(S(=O)(=O)N[C@H](Cc2ccccc2)C(=O)Nc2ccc(C(F)(F)F)cc2)c(C)c1. The number of benzene rings is 3. The molecule has 3 aromatic carbocycles. The van der Waals surface area contributed by atoms with E-state index in [9.17, 15) is 26.4 Å². The molecule has 1 amide bonds. The monoisotopic (exact) mass is 490 g/mol. The van der Waals surface area contributed by atoms with Crippen molar-refractivity contribution in [3.8, 4) is 0 Å². The van der Waals surface area contributed by atoms with Crippen molar-refractivity contribution in [2.75, 3.05) is 5.32 Å². The van der Waals surface area contributed by atoms with Gasteiger partial charge in [0.25, 0.3) is 0 Å². The first-order chi connectivity index (χ1) is 15.9. The summed E-state index contributed by atoms with van der Waals surface area (Å²) in [6, 6.07) is 15.1. The number of amides is 1. The van der Waals surface area contributed by atoms with Crippen LogP contribution in [0.1, 0.15) is 27.8 Å². The molecule has 0 saturated carbocycles. The maximum atomic E-state index is 13.3. The minimum atomic E-state index is -4.50. The lowest BCUT2D eigenvalue weighted by molar-refractivity contribution is -0.137. The molecule has 0 aliphatic carbocycles. The largest absolute Gasteiger partial charge is 0.416 e. The van der Waals surface area contributed by atoms with Crippen molar-refractivity contribution in [1.82, 2.24) is 4.72 Å². The molecule has 0 saturated heterocycles. The summed E-state index contributed by atoms with van der Waals surface area (Å²) in [5.41, 5.74) is 2.00. The maximum absolute atomic E-state index is 13.3. The Morgan fingerprint density at radius 3 is 2.00 bits per heavy atom. The lowest BCUT2D eigenvalue weighted by Gasteiger charge is -2.21. The number of sulfonamides is 1. The molecule has 0 heterocycles. The standard InChI is InChI=1S/C25H25F3N2O3S/c1-16-13-17(2)23(18(3)14-16)34(32,33)30-22(15-19-7-5-4-6-8-19)24(31)29-21-11-9-20(10-12-21)25(26,27)28/h4-14,22,30H,15H2,1-3H3,(H,29,31)/t22-/m1/s1. The van der Waals surface area contributed by atoms with Crippen LogP contribution in [0.4, 0.5) is 18.9 Å². The molecule has 1 atom stereocenters. The van der Waals surface area contributed by atoms with Gasteiger partial charge in [0.2, 0.25) is 15.9 Å². The minimum Gasteiger partial charge on any atom is -0.325 e. The van der Waals surface area contributed by atoms with E-state index < -0.39 is 33.7 Å². The normalized spacial score (nSPS) is 12.9. The number of nitrogens with one attached hydrogen (secondary N) is 2. The Bertz CT molecular complexity index is 1250. The van der Waals surface area contributed by atoms with Crippen LogP contribution < -0.4 is 10.0 Å². The summed E-state index contributed by atoms with van der Waals surface area (Å²) in [5, 5.41) is 2.52. The van der Waals surface area contributed by atoms with E-state index in [4.69, 9.17) is 0 Å². The molecule has 0 aliphatic heterocycles. The zero-order valence-electron chi connectivity index (χ0n) is 18.9. The average Bonchev–Trinajstić information content (AvgIpc) is 2.72. The molecule has 0 aliphatic rings. The fourth-order valence-corrected chi connectivity index (χ4v) is 5.49. The summed E-state index contributed by atoms with van der Waals surface area (Å²) in [7, 11) is -4.08. The van der Waals surface area contributed by atoms with Crippen molar-refractivity contribution in [3.05, 3.63) is 94.5 Å². The molecule has 180 valence electrons. The van der Waals surface area contributed by atoms with Gasteiger partial charge in [-0.3, -0.25) is 4.79 Å². The van der Waals surface area contributed by atoms with Gasteiger partial charge in [-0.05, 0) is 68.1 Å². The maximum Gasteiger partial charge on any atom is 0.416 e. The Hall–Kier alpha value is -3.17. The zero-order valence-corrected chi connectivity index (χ0v) is 19.7. The Morgan fingerprint density at radius 2 is 1.47 bits per heavy atom. The van der Waals surface area contributed by atoms with Crippen LogP contribution in [-0.4, -0.2) is 20.4 Å². The second kappa shape index (κ2) is 9.99. The third-order valence-corrected chi connectivity index (χ3v) is 7.03. The second-order valence-corrected chi connectivity index (χ2v) is 9.81. The highest BCUT2D eigenvalue weighted by Crippen LogP contribution is 2.30. The van der Waals surface area contributed by atoms with Gasteiger partial charge in [0.05, 0.1) is 10.5 Å². The molecule has 0 spiro atoms. The Labute approximate surface area is 197 Å². The van der Waals surface area contributed by atoms with Crippen LogP contribution in [0.5, 0.6) is 0 Å². The number of carbonyl (C=O) groups is 1. The minimum absolute atomic E-state index is 0.0521. The molecule has 0 bridgehead atoms. The third-order valence-electron chi connectivity index (χ3n) is 5.25. The molecule has 5 nitrogen and oxygen atoms in total. The van der Waals surface area contributed by atoms with Crippen LogP contribution in [0.15, 0.2) is 71.6 Å². The molecular formula is C25H25F3N2O3S. The van der Waals surface area contributed by atoms with Gasteiger partial charge in [-0.1, -0.05) is 48.0 Å². The van der Waals surface area contributed by atoms with E-state index in [2.05, 4.69) is 10.0 Å². The van der Waals surface area contributed by atoms with E-state index in [1.54, 1.807) is 56.3 Å². The van der Waals surface area contributed by atoms with Gasteiger partial charge in [0, 0.05) is 5.69 Å². The molecule has 0 radical (unpaired) electrons. The lowest BCUT2D eigenvalue weighted by Crippen LogP contribution is -2.45. The van der Waals surface area contributed by atoms with Crippen molar-refractivity contribution >= 4 is 21.6 Å². The highest BCUT2D eigenvalue weighted by molar-refractivity contribution is 7.89. The van der Waals surface area contributed by atoms with Crippen LogP contribution in [0.25, 0.3) is 0 Å². The number of halogens is 3. The number of aryl methyl sites for hydroxylation is 3. The van der Waals surface area contributed by atoms with E-state index in [1.807, 2.05) is 6.92 Å². The third kappa shape index (κ3) is 6.24. The van der Waals surface area contributed by atoms with Crippen molar-refractivity contribution in [1.29, 1.82) is 0 Å². The molecule has 3 rings (SSSR count). The fraction of sp³-hybridized carbons (Fsp3) is 0.240. The van der Waals surface area contributed by atoms with Crippen molar-refractivity contribution < 1.29 is 26.4 Å². The Kier molecular flexibility index (Phi) is 7.48. The van der Waals surface area contributed by atoms with Crippen LogP contribution in [0.3, 0.4) is 0 Å². The molecular weight excluding hydrogens is 465 g/mol. The van der Waals surface area contributed by atoms with Gasteiger partial charge in [0.15, 0.2) is 0 Å². The van der Waals surface area contributed by atoms with Gasteiger partial charge in [-0.2, -0.15) is 17.9 Å². The van der Waals surface area contributed by atoms with Gasteiger partial charge in [-0.25, -0.2) is 8.42 Å². The number of hydrogen-bond donors (Lipinski definition) is 2. The zero-order chi connectivity index (χ0) is 25.1. The average molecular weight is 491 g/mol. The summed E-state index contributed by atoms with van der Waals surface area (Å²) in [6.07, 6.45) is -4.45. The van der Waals surface area contributed by atoms with Crippen LogP contribution in [0, 0.1) is 20.8 Å². The van der Waals surface area contributed by atoms with Crippen LogP contribution in [-0.2, 0) is 27.4 Å². The van der Waals surface area contributed by atoms with Crippen LogP contribution in [0.2, 0.25) is 0 Å². The second-order valence-electron chi connectivity index (χ2n) is 8.16. The number of anilines is 1. The molecule has 0 fully saturated rings. The highest BCUT2D eigenvalue weighted by atomic mass is 32.2. The van der Waals surface area contributed by atoms with E-state index in [0.717, 1.165) is 35.4 Å². The first-order valence-corrected chi connectivity index (χ1v) is 12.0. The fourth-order valence-electron chi connectivity index (χ4n) is 3.85. The molecule has 3 aromatic rings. The van der Waals surface area contributed by atoms with E-state index in [-0.39, 0.29) is 17.0 Å². The van der Waals surface area contributed by atoms with Crippen molar-refractivity contribution in [2.24, 2.45) is 0 Å². The molecule has 0 aromatic heterocycles. The van der Waals surface area contributed by atoms with Gasteiger partial charge >= 0.3 is 6.18 Å². The van der Waals surface area contributed by atoms with Crippen molar-refractivity contribution in [2.45, 2.75) is 44.3 Å².